The van der Waals surface area contributed by atoms with E-state index in [0.29, 0.717) is 6.54 Å². The van der Waals surface area contributed by atoms with Crippen LogP contribution < -0.4 is 5.32 Å². The number of aromatic nitrogens is 1. The average molecular weight is 359 g/mol. The van der Waals surface area contributed by atoms with Crippen LogP contribution in [0.4, 0.5) is 10.5 Å². The lowest BCUT2D eigenvalue weighted by Crippen LogP contribution is -2.39. The molecule has 138 valence electrons. The zero-order valence-electron chi connectivity index (χ0n) is 16.0. The molecule has 0 saturated carbocycles. The largest absolute Gasteiger partial charge is 0.322 e. The second kappa shape index (κ2) is 6.95. The molecule has 3 aromatic rings. The molecule has 2 aromatic carbocycles. The predicted octanol–water partition coefficient (Wildman–Crippen LogP) is 5.53. The van der Waals surface area contributed by atoms with E-state index in [-0.39, 0.29) is 18.0 Å². The van der Waals surface area contributed by atoms with Crippen LogP contribution in [0, 0.1) is 12.8 Å². The number of nitrogens with one attached hydrogen (secondary N) is 1. The second-order valence-electron chi connectivity index (χ2n) is 7.49. The Balaban J connectivity index is 1.77. The van der Waals surface area contributed by atoms with Crippen molar-refractivity contribution in [1.29, 1.82) is 0 Å². The molecule has 0 bridgehead atoms. The molecular weight excluding hydrogens is 334 g/mol. The van der Waals surface area contributed by atoms with E-state index >= 15 is 0 Å². The molecule has 4 rings (SSSR count). The maximum absolute atomic E-state index is 13.3. The Morgan fingerprint density at radius 1 is 1.04 bits per heavy atom. The first-order valence-electron chi connectivity index (χ1n) is 9.45. The predicted molar refractivity (Wildman–Crippen MR) is 109 cm³/mol. The number of para-hydroxylation sites is 2. The summed E-state index contributed by atoms with van der Waals surface area (Å²) in [7, 11) is 0. The van der Waals surface area contributed by atoms with Gasteiger partial charge in [-0.1, -0.05) is 50.2 Å². The van der Waals surface area contributed by atoms with E-state index in [9.17, 15) is 4.79 Å². The van der Waals surface area contributed by atoms with Gasteiger partial charge in [0.1, 0.15) is 0 Å². The molecule has 0 radical (unpaired) electrons. The molecule has 2 heterocycles. The number of urea groups is 1. The first-order valence-corrected chi connectivity index (χ1v) is 9.45. The number of hydrogen-bond acceptors (Lipinski definition) is 1. The van der Waals surface area contributed by atoms with Gasteiger partial charge >= 0.3 is 6.03 Å². The van der Waals surface area contributed by atoms with Gasteiger partial charge in [0, 0.05) is 17.6 Å². The van der Waals surface area contributed by atoms with Gasteiger partial charge in [0.05, 0.1) is 18.3 Å². The van der Waals surface area contributed by atoms with Gasteiger partial charge in [0.25, 0.3) is 0 Å². The maximum atomic E-state index is 13.3. The molecule has 4 nitrogen and oxygen atoms in total. The summed E-state index contributed by atoms with van der Waals surface area (Å²) in [4.78, 5) is 15.3. The number of rotatable bonds is 2. The minimum Gasteiger partial charge on any atom is -0.318 e. The Morgan fingerprint density at radius 3 is 2.56 bits per heavy atom. The highest BCUT2D eigenvalue weighted by atomic mass is 16.2. The molecule has 0 aliphatic carbocycles. The van der Waals surface area contributed by atoms with Crippen LogP contribution in [0.15, 0.2) is 66.9 Å². The van der Waals surface area contributed by atoms with Crippen molar-refractivity contribution in [2.75, 3.05) is 5.32 Å². The molecule has 1 N–H and O–H groups in total. The topological polar surface area (TPSA) is 37.3 Å². The van der Waals surface area contributed by atoms with E-state index in [4.69, 9.17) is 0 Å². The standard InChI is InChI=1S/C23H25N3O/c1-16(2)22-21-13-8-14-25(21)20-12-7-5-10-18(20)15-26(22)23(27)24-19-11-6-4-9-17(19)3/h4-14,16,22H,15H2,1-3H3,(H,24,27)/t22-/m1/s1. The van der Waals surface area contributed by atoms with Crippen molar-refractivity contribution in [2.45, 2.75) is 33.4 Å². The number of nitrogens with zero attached hydrogens (tertiary/aromatic N) is 2. The maximum Gasteiger partial charge on any atom is 0.322 e. The summed E-state index contributed by atoms with van der Waals surface area (Å²) in [6, 6.07) is 20.3. The lowest BCUT2D eigenvalue weighted by atomic mass is 9.99. The van der Waals surface area contributed by atoms with Crippen LogP contribution in [0.1, 0.15) is 36.7 Å². The Labute approximate surface area is 160 Å². The summed E-state index contributed by atoms with van der Waals surface area (Å²) in [6.45, 7) is 6.94. The normalized spacial score (nSPS) is 15.9. The number of anilines is 1. The van der Waals surface area contributed by atoms with Gasteiger partial charge in [-0.25, -0.2) is 4.79 Å². The summed E-state index contributed by atoms with van der Waals surface area (Å²) in [5, 5.41) is 3.12. The fourth-order valence-corrected chi connectivity index (χ4v) is 3.98. The molecule has 27 heavy (non-hydrogen) atoms. The number of carbonyl (C=O) groups is 1. The number of fused-ring (bicyclic) bond motifs is 3. The van der Waals surface area contributed by atoms with Crippen molar-refractivity contribution in [3.8, 4) is 5.69 Å². The van der Waals surface area contributed by atoms with E-state index in [0.717, 1.165) is 28.2 Å². The van der Waals surface area contributed by atoms with E-state index in [1.165, 1.54) is 0 Å². The van der Waals surface area contributed by atoms with Gasteiger partial charge in [-0.2, -0.15) is 0 Å². The van der Waals surface area contributed by atoms with Gasteiger partial charge < -0.3 is 14.8 Å². The van der Waals surface area contributed by atoms with Gasteiger partial charge in [-0.3, -0.25) is 0 Å². The minimum atomic E-state index is -0.0625. The highest BCUT2D eigenvalue weighted by Gasteiger charge is 2.33. The van der Waals surface area contributed by atoms with Crippen molar-refractivity contribution in [1.82, 2.24) is 9.47 Å². The van der Waals surface area contributed by atoms with Crippen molar-refractivity contribution >= 4 is 11.7 Å². The molecule has 2 amide bonds. The summed E-state index contributed by atoms with van der Waals surface area (Å²) >= 11 is 0. The molecule has 1 aliphatic rings. The van der Waals surface area contributed by atoms with Crippen LogP contribution in [0.5, 0.6) is 0 Å². The third-order valence-electron chi connectivity index (χ3n) is 5.29. The van der Waals surface area contributed by atoms with Gasteiger partial charge in [0.2, 0.25) is 0 Å². The number of hydrogen-bond donors (Lipinski definition) is 1. The van der Waals surface area contributed by atoms with E-state index in [1.807, 2.05) is 42.2 Å². The number of amides is 2. The highest BCUT2D eigenvalue weighted by Crippen LogP contribution is 2.36. The summed E-state index contributed by atoms with van der Waals surface area (Å²) in [5.41, 5.74) is 5.37. The van der Waals surface area contributed by atoms with Crippen molar-refractivity contribution in [3.63, 3.8) is 0 Å². The first-order chi connectivity index (χ1) is 13.1. The van der Waals surface area contributed by atoms with Crippen molar-refractivity contribution in [3.05, 3.63) is 83.7 Å². The molecule has 0 spiro atoms. The fraction of sp³-hybridized carbons (Fsp3) is 0.261. The third-order valence-corrected chi connectivity index (χ3v) is 5.29. The minimum absolute atomic E-state index is 0.00332. The Hall–Kier alpha value is -3.01. The van der Waals surface area contributed by atoms with Crippen LogP contribution in [-0.2, 0) is 6.54 Å². The van der Waals surface area contributed by atoms with Gasteiger partial charge in [-0.05, 0) is 48.2 Å². The lowest BCUT2D eigenvalue weighted by Gasteiger charge is -2.33. The van der Waals surface area contributed by atoms with E-state index in [2.05, 4.69) is 60.3 Å². The van der Waals surface area contributed by atoms with Crippen molar-refractivity contribution < 1.29 is 4.79 Å². The second-order valence-corrected chi connectivity index (χ2v) is 7.49. The number of carbonyl (C=O) groups excluding carboxylic acids is 1. The zero-order valence-corrected chi connectivity index (χ0v) is 16.0. The molecule has 1 aromatic heterocycles. The monoisotopic (exact) mass is 359 g/mol. The lowest BCUT2D eigenvalue weighted by molar-refractivity contribution is 0.162. The Kier molecular flexibility index (Phi) is 4.48. The third kappa shape index (κ3) is 3.12. The van der Waals surface area contributed by atoms with Crippen LogP contribution in [0.2, 0.25) is 0 Å². The smallest absolute Gasteiger partial charge is 0.318 e. The molecule has 1 atom stereocenters. The first kappa shape index (κ1) is 17.4. The Bertz CT molecular complexity index is 973. The summed E-state index contributed by atoms with van der Waals surface area (Å²) in [6.07, 6.45) is 2.09. The molecule has 0 unspecified atom stereocenters. The molecule has 4 heteroatoms. The quantitative estimate of drug-likeness (QED) is 0.642. The van der Waals surface area contributed by atoms with Crippen LogP contribution in [0.25, 0.3) is 5.69 Å². The van der Waals surface area contributed by atoms with E-state index in [1.54, 1.807) is 0 Å². The molecule has 0 fully saturated rings. The number of benzene rings is 2. The Morgan fingerprint density at radius 2 is 1.78 bits per heavy atom. The van der Waals surface area contributed by atoms with Crippen LogP contribution >= 0.6 is 0 Å². The zero-order chi connectivity index (χ0) is 19.0. The SMILES string of the molecule is Cc1ccccc1NC(=O)N1Cc2ccccc2-n2cccc2[C@H]1C(C)C. The van der Waals surface area contributed by atoms with E-state index < -0.39 is 0 Å². The highest BCUT2D eigenvalue weighted by molar-refractivity contribution is 5.90. The van der Waals surface area contributed by atoms with Crippen molar-refractivity contribution in [2.24, 2.45) is 5.92 Å². The average Bonchev–Trinajstić information content (AvgIpc) is 3.07. The summed E-state index contributed by atoms with van der Waals surface area (Å²) < 4.78 is 2.22. The fourth-order valence-electron chi connectivity index (χ4n) is 3.98. The number of aryl methyl sites for hydroxylation is 1. The summed E-state index contributed by atoms with van der Waals surface area (Å²) in [5.74, 6) is 0.288. The molecule has 1 aliphatic heterocycles. The van der Waals surface area contributed by atoms with Crippen LogP contribution in [0.3, 0.4) is 0 Å². The molecule has 0 saturated heterocycles. The van der Waals surface area contributed by atoms with Gasteiger partial charge in [-0.15, -0.1) is 0 Å². The van der Waals surface area contributed by atoms with Crippen LogP contribution in [-0.4, -0.2) is 15.5 Å². The molecular formula is C23H25N3O. The van der Waals surface area contributed by atoms with Gasteiger partial charge in [0.15, 0.2) is 0 Å².